The third-order valence-corrected chi connectivity index (χ3v) is 4.20. The van der Waals surface area contributed by atoms with Crippen molar-refractivity contribution in [2.75, 3.05) is 33.3 Å². The van der Waals surface area contributed by atoms with Gasteiger partial charge in [0.1, 0.15) is 0 Å². The molecule has 1 fully saturated rings. The van der Waals surface area contributed by atoms with Gasteiger partial charge in [-0.1, -0.05) is 6.07 Å². The van der Waals surface area contributed by atoms with Gasteiger partial charge < -0.3 is 19.6 Å². The lowest BCUT2D eigenvalue weighted by Crippen LogP contribution is -2.49. The summed E-state index contributed by atoms with van der Waals surface area (Å²) in [4.78, 5) is 38.6. The molecule has 1 aliphatic rings. The summed E-state index contributed by atoms with van der Waals surface area (Å²) in [6, 6.07) is 3.50. The van der Waals surface area contributed by atoms with E-state index in [1.807, 2.05) is 0 Å². The van der Waals surface area contributed by atoms with Crippen LogP contribution in [0.5, 0.6) is 0 Å². The molecule has 1 aromatic rings. The molecule has 0 radical (unpaired) electrons. The number of morpholine rings is 1. The second kappa shape index (κ2) is 7.37. The van der Waals surface area contributed by atoms with Crippen molar-refractivity contribution in [1.82, 2.24) is 9.80 Å². The summed E-state index contributed by atoms with van der Waals surface area (Å²) in [5.74, 6) is -1.35. The maximum absolute atomic E-state index is 12.2. The Kier molecular flexibility index (Phi) is 5.51. The van der Waals surface area contributed by atoms with E-state index in [9.17, 15) is 14.4 Å². The van der Waals surface area contributed by atoms with Crippen molar-refractivity contribution in [2.24, 2.45) is 0 Å². The number of thiophene rings is 1. The van der Waals surface area contributed by atoms with Gasteiger partial charge in [-0.25, -0.2) is 0 Å². The average molecular weight is 326 g/mol. The molecule has 0 aliphatic carbocycles. The van der Waals surface area contributed by atoms with Gasteiger partial charge in [-0.3, -0.25) is 14.4 Å². The van der Waals surface area contributed by atoms with E-state index in [0.717, 1.165) is 0 Å². The standard InChI is InChI=1S/C14H18N2O5S/c1-15(14(20)11-3-2-6-22-11)9-12(17)16-4-5-21-10(8-16)7-13(18)19/h2-3,6,10H,4-5,7-9H2,1H3,(H,18,19). The maximum Gasteiger partial charge on any atom is 0.306 e. The highest BCUT2D eigenvalue weighted by Crippen LogP contribution is 2.12. The lowest BCUT2D eigenvalue weighted by molar-refractivity contribution is -0.147. The Hall–Kier alpha value is -1.93. The van der Waals surface area contributed by atoms with Crippen LogP contribution in [0.3, 0.4) is 0 Å². The second-order valence-electron chi connectivity index (χ2n) is 5.07. The number of amides is 2. The smallest absolute Gasteiger partial charge is 0.306 e. The number of hydrogen-bond acceptors (Lipinski definition) is 5. The summed E-state index contributed by atoms with van der Waals surface area (Å²) in [6.45, 7) is 0.935. The largest absolute Gasteiger partial charge is 0.481 e. The minimum atomic E-state index is -0.954. The summed E-state index contributed by atoms with van der Waals surface area (Å²) in [5.41, 5.74) is 0. The zero-order chi connectivity index (χ0) is 16.1. The van der Waals surface area contributed by atoms with Gasteiger partial charge in [0.2, 0.25) is 5.91 Å². The normalized spacial score (nSPS) is 18.0. The van der Waals surface area contributed by atoms with Crippen molar-refractivity contribution >= 4 is 29.1 Å². The summed E-state index contributed by atoms with van der Waals surface area (Å²) in [6.07, 6.45) is -0.623. The van der Waals surface area contributed by atoms with Crippen molar-refractivity contribution in [2.45, 2.75) is 12.5 Å². The van der Waals surface area contributed by atoms with Crippen LogP contribution >= 0.6 is 11.3 Å². The van der Waals surface area contributed by atoms with Crippen molar-refractivity contribution in [3.05, 3.63) is 22.4 Å². The van der Waals surface area contributed by atoms with Crippen LogP contribution in [-0.4, -0.2) is 72.1 Å². The molecule has 1 saturated heterocycles. The minimum Gasteiger partial charge on any atom is -0.481 e. The highest BCUT2D eigenvalue weighted by Gasteiger charge is 2.27. The third kappa shape index (κ3) is 4.28. The molecule has 120 valence electrons. The summed E-state index contributed by atoms with van der Waals surface area (Å²) < 4.78 is 5.33. The molecule has 7 nitrogen and oxygen atoms in total. The van der Waals surface area contributed by atoms with Gasteiger partial charge in [0.05, 0.1) is 30.6 Å². The number of rotatable bonds is 5. The van der Waals surface area contributed by atoms with Crippen LogP contribution in [0.4, 0.5) is 0 Å². The van der Waals surface area contributed by atoms with Gasteiger partial charge in [-0.05, 0) is 11.4 Å². The molecule has 1 aromatic heterocycles. The van der Waals surface area contributed by atoms with Crippen molar-refractivity contribution < 1.29 is 24.2 Å². The lowest BCUT2D eigenvalue weighted by atomic mass is 10.2. The predicted molar refractivity (Wildman–Crippen MR) is 79.9 cm³/mol. The van der Waals surface area contributed by atoms with Crippen LogP contribution in [0, 0.1) is 0 Å². The van der Waals surface area contributed by atoms with Crippen LogP contribution in [0.15, 0.2) is 17.5 Å². The topological polar surface area (TPSA) is 87.2 Å². The molecule has 0 aromatic carbocycles. The molecule has 22 heavy (non-hydrogen) atoms. The molecular formula is C14H18N2O5S. The Balaban J connectivity index is 1.88. The lowest BCUT2D eigenvalue weighted by Gasteiger charge is -2.33. The van der Waals surface area contributed by atoms with Crippen molar-refractivity contribution in [3.8, 4) is 0 Å². The number of nitrogens with zero attached hydrogens (tertiary/aromatic N) is 2. The minimum absolute atomic E-state index is 0.0312. The van der Waals surface area contributed by atoms with E-state index >= 15 is 0 Å². The van der Waals surface area contributed by atoms with E-state index < -0.39 is 12.1 Å². The zero-order valence-electron chi connectivity index (χ0n) is 12.2. The number of ether oxygens (including phenoxy) is 1. The molecule has 0 bridgehead atoms. The van der Waals surface area contributed by atoms with E-state index in [4.69, 9.17) is 9.84 Å². The van der Waals surface area contributed by atoms with Crippen LogP contribution < -0.4 is 0 Å². The Morgan fingerprint density at radius 1 is 1.50 bits per heavy atom. The number of carboxylic acids is 1. The molecule has 0 spiro atoms. The molecule has 2 amide bonds. The molecule has 0 saturated carbocycles. The van der Waals surface area contributed by atoms with Crippen LogP contribution in [0.2, 0.25) is 0 Å². The van der Waals surface area contributed by atoms with Crippen LogP contribution in [-0.2, 0) is 14.3 Å². The van der Waals surface area contributed by atoms with Gasteiger partial charge >= 0.3 is 5.97 Å². The Bertz CT molecular complexity index is 545. The number of carbonyl (C=O) groups is 3. The predicted octanol–water partition coefficient (Wildman–Crippen LogP) is 0.522. The zero-order valence-corrected chi connectivity index (χ0v) is 13.0. The maximum atomic E-state index is 12.2. The van der Waals surface area contributed by atoms with E-state index in [1.165, 1.54) is 16.2 Å². The van der Waals surface area contributed by atoms with Gasteiger partial charge in [0.25, 0.3) is 5.91 Å². The SMILES string of the molecule is CN(CC(=O)N1CCOC(CC(=O)O)C1)C(=O)c1cccs1. The van der Waals surface area contributed by atoms with Gasteiger partial charge in [0, 0.05) is 20.1 Å². The molecule has 1 N–H and O–H groups in total. The Labute approximate surface area is 132 Å². The van der Waals surface area contributed by atoms with Gasteiger partial charge in [0.15, 0.2) is 0 Å². The van der Waals surface area contributed by atoms with Crippen LogP contribution in [0.25, 0.3) is 0 Å². The van der Waals surface area contributed by atoms with E-state index in [1.54, 1.807) is 29.5 Å². The first kappa shape index (κ1) is 16.4. The highest BCUT2D eigenvalue weighted by atomic mass is 32.1. The third-order valence-electron chi connectivity index (χ3n) is 3.34. The molecular weight excluding hydrogens is 308 g/mol. The summed E-state index contributed by atoms with van der Waals surface area (Å²) in [7, 11) is 1.58. The second-order valence-corrected chi connectivity index (χ2v) is 6.02. The fourth-order valence-electron chi connectivity index (χ4n) is 2.23. The summed E-state index contributed by atoms with van der Waals surface area (Å²) >= 11 is 1.33. The van der Waals surface area contributed by atoms with Gasteiger partial charge in [-0.15, -0.1) is 11.3 Å². The average Bonchev–Trinajstić information content (AvgIpc) is 3.00. The first-order valence-corrected chi connectivity index (χ1v) is 7.75. The van der Waals surface area contributed by atoms with E-state index in [-0.39, 0.29) is 31.3 Å². The van der Waals surface area contributed by atoms with Crippen molar-refractivity contribution in [3.63, 3.8) is 0 Å². The number of carbonyl (C=O) groups excluding carboxylic acids is 2. The first-order valence-electron chi connectivity index (χ1n) is 6.87. The highest BCUT2D eigenvalue weighted by molar-refractivity contribution is 7.12. The molecule has 2 heterocycles. The molecule has 2 rings (SSSR count). The van der Waals surface area contributed by atoms with Gasteiger partial charge in [-0.2, -0.15) is 0 Å². The molecule has 1 unspecified atom stereocenters. The van der Waals surface area contributed by atoms with Crippen molar-refractivity contribution in [1.29, 1.82) is 0 Å². The summed E-state index contributed by atoms with van der Waals surface area (Å²) in [5, 5.41) is 10.6. The van der Waals surface area contributed by atoms with E-state index in [2.05, 4.69) is 0 Å². The Morgan fingerprint density at radius 3 is 2.91 bits per heavy atom. The number of aliphatic carboxylic acids is 1. The van der Waals surface area contributed by atoms with Crippen LogP contribution in [0.1, 0.15) is 16.1 Å². The number of likely N-dealkylation sites (N-methyl/N-ethyl adjacent to an activating group) is 1. The Morgan fingerprint density at radius 2 is 2.27 bits per heavy atom. The fraction of sp³-hybridized carbons (Fsp3) is 0.500. The number of hydrogen-bond donors (Lipinski definition) is 1. The monoisotopic (exact) mass is 326 g/mol. The molecule has 1 aliphatic heterocycles. The molecule has 1 atom stereocenters. The fourth-order valence-corrected chi connectivity index (χ4v) is 2.94. The first-order chi connectivity index (χ1) is 10.5. The quantitative estimate of drug-likeness (QED) is 0.852. The number of carboxylic acid groups (broad SMARTS) is 1. The van der Waals surface area contributed by atoms with E-state index in [0.29, 0.717) is 18.0 Å². The molecule has 8 heteroatoms.